The summed E-state index contributed by atoms with van der Waals surface area (Å²) in [6.07, 6.45) is 1.11. The van der Waals surface area contributed by atoms with E-state index in [4.69, 9.17) is 9.47 Å². The van der Waals surface area contributed by atoms with Crippen LogP contribution in [0, 0.1) is 0 Å². The molecule has 2 unspecified atom stereocenters. The highest BCUT2D eigenvalue weighted by Crippen LogP contribution is 2.60. The minimum atomic E-state index is -0.527. The first-order chi connectivity index (χ1) is 21.3. The van der Waals surface area contributed by atoms with Crippen LogP contribution in [-0.4, -0.2) is 28.8 Å². The molecular weight excluding hydrogens is 565 g/mol. The van der Waals surface area contributed by atoms with E-state index >= 15 is 0 Å². The van der Waals surface area contributed by atoms with Gasteiger partial charge in [0.2, 0.25) is 0 Å². The van der Waals surface area contributed by atoms with E-state index in [0.29, 0.717) is 5.25 Å². The van der Waals surface area contributed by atoms with Gasteiger partial charge in [-0.3, -0.25) is 0 Å². The summed E-state index contributed by atoms with van der Waals surface area (Å²) in [4.78, 5) is 0. The van der Waals surface area contributed by atoms with Crippen molar-refractivity contribution in [2.75, 3.05) is 18.1 Å². The fourth-order valence-corrected chi connectivity index (χ4v) is 8.07. The number of ether oxygens (including phenoxy) is 2. The molecule has 43 heavy (non-hydrogen) atoms. The highest BCUT2D eigenvalue weighted by atomic mass is 32.2. The Morgan fingerprint density at radius 3 is 1.65 bits per heavy atom. The van der Waals surface area contributed by atoms with Gasteiger partial charge in [-0.1, -0.05) is 97.1 Å². The molecule has 0 saturated carbocycles. The average molecular weight is 595 g/mol. The van der Waals surface area contributed by atoms with Crippen molar-refractivity contribution < 1.29 is 9.47 Å². The molecule has 0 N–H and O–H groups in total. The third kappa shape index (κ3) is 4.11. The minimum absolute atomic E-state index is 0.266. The lowest BCUT2D eigenvalue weighted by Gasteiger charge is -2.36. The second-order valence-electron chi connectivity index (χ2n) is 11.7. The molecule has 6 aromatic carbocycles. The maximum absolute atomic E-state index is 6.30. The first kappa shape index (κ1) is 25.6. The topological polar surface area (TPSA) is 18.5 Å². The Morgan fingerprint density at radius 2 is 1.14 bits per heavy atom. The van der Waals surface area contributed by atoms with Gasteiger partial charge in [0.25, 0.3) is 0 Å². The third-order valence-electron chi connectivity index (χ3n) is 9.24. The molecule has 210 valence electrons. The molecule has 4 heteroatoms. The second-order valence-corrected chi connectivity index (χ2v) is 14.3. The lowest BCUT2D eigenvalue weighted by molar-refractivity contribution is 0.271. The molecule has 2 atom stereocenters. The Balaban J connectivity index is 1.34. The van der Waals surface area contributed by atoms with Crippen molar-refractivity contribution in [1.82, 2.24) is 0 Å². The molecule has 6 aromatic rings. The monoisotopic (exact) mass is 594 g/mol. The van der Waals surface area contributed by atoms with Crippen LogP contribution in [0.2, 0.25) is 0 Å². The van der Waals surface area contributed by atoms with Crippen LogP contribution in [0.1, 0.15) is 28.7 Å². The summed E-state index contributed by atoms with van der Waals surface area (Å²) in [7, 11) is 0. The highest BCUT2D eigenvalue weighted by Gasteiger charge is 2.48. The Labute approximate surface area is 260 Å². The average Bonchev–Trinajstić information content (AvgIpc) is 3.83. The van der Waals surface area contributed by atoms with E-state index in [-0.39, 0.29) is 5.44 Å². The molecule has 0 spiro atoms. The van der Waals surface area contributed by atoms with Gasteiger partial charge in [-0.25, -0.2) is 0 Å². The van der Waals surface area contributed by atoms with Gasteiger partial charge in [0, 0.05) is 23.2 Å². The molecule has 2 nitrogen and oxygen atoms in total. The maximum atomic E-state index is 6.30. The molecule has 0 amide bonds. The van der Waals surface area contributed by atoms with Gasteiger partial charge in [-0.2, -0.15) is 11.8 Å². The van der Waals surface area contributed by atoms with Crippen LogP contribution in [0.25, 0.3) is 32.7 Å². The lowest BCUT2D eigenvalue weighted by atomic mass is 9.66. The zero-order valence-corrected chi connectivity index (χ0v) is 25.3. The van der Waals surface area contributed by atoms with Crippen LogP contribution in [-0.2, 0) is 5.41 Å². The number of thioether (sulfide) groups is 2. The van der Waals surface area contributed by atoms with Crippen LogP contribution in [0.5, 0.6) is 11.5 Å². The molecule has 1 aliphatic carbocycles. The maximum Gasteiger partial charge on any atom is 0.145 e. The largest absolute Gasteiger partial charge is 0.492 e. The Morgan fingerprint density at radius 1 is 0.605 bits per heavy atom. The number of benzene rings is 6. The second kappa shape index (κ2) is 10.1. The van der Waals surface area contributed by atoms with Gasteiger partial charge < -0.3 is 9.47 Å². The van der Waals surface area contributed by atoms with Crippen molar-refractivity contribution in [3.05, 3.63) is 144 Å². The van der Waals surface area contributed by atoms with E-state index in [9.17, 15) is 0 Å². The summed E-state index contributed by atoms with van der Waals surface area (Å²) in [6, 6.07) is 44.8. The normalized spacial score (nSPS) is 19.4. The van der Waals surface area contributed by atoms with Gasteiger partial charge in [0.05, 0.1) is 5.41 Å². The van der Waals surface area contributed by atoms with Gasteiger partial charge in [0.1, 0.15) is 23.5 Å². The summed E-state index contributed by atoms with van der Waals surface area (Å²) < 4.78 is 12.5. The third-order valence-corrected chi connectivity index (χ3v) is 11.4. The van der Waals surface area contributed by atoms with Gasteiger partial charge >= 0.3 is 0 Å². The SMILES string of the molecule is c1ccc2c3c(ccc2c1)-c1ccc2ccccc2c1C3(c1ccc(OCC2CS2)cc1)c1ccc(OC2CCS2)cc1. The van der Waals surface area contributed by atoms with E-state index in [0.717, 1.165) is 24.5 Å². The van der Waals surface area contributed by atoms with Crippen molar-refractivity contribution in [2.45, 2.75) is 22.5 Å². The van der Waals surface area contributed by atoms with Crippen molar-refractivity contribution in [1.29, 1.82) is 0 Å². The van der Waals surface area contributed by atoms with Crippen LogP contribution >= 0.6 is 23.5 Å². The minimum Gasteiger partial charge on any atom is -0.492 e. The molecule has 2 saturated heterocycles. The number of hydrogen-bond acceptors (Lipinski definition) is 4. The van der Waals surface area contributed by atoms with Crippen LogP contribution in [0.4, 0.5) is 0 Å². The molecule has 0 aromatic heterocycles. The zero-order valence-electron chi connectivity index (χ0n) is 23.7. The molecule has 2 heterocycles. The fourth-order valence-electron chi connectivity index (χ4n) is 7.07. The van der Waals surface area contributed by atoms with E-state index in [1.165, 1.54) is 66.4 Å². The van der Waals surface area contributed by atoms with Crippen molar-refractivity contribution in [2.24, 2.45) is 0 Å². The number of fused-ring (bicyclic) bond motifs is 7. The predicted octanol–water partition coefficient (Wildman–Crippen LogP) is 9.69. The number of hydrogen-bond donors (Lipinski definition) is 0. The standard InChI is InChI=1S/C39H30O2S2/c1-3-7-32-25(5-1)9-19-34-35-20-10-26-6-2-4-8-33(26)38(35)39(37(32)34,27-11-15-29(16-12-27)40-23-31-24-43-31)28-13-17-30(18-14-28)41-36-21-22-42-36/h1-20,31,36H,21-24H2. The summed E-state index contributed by atoms with van der Waals surface area (Å²) in [6.45, 7) is 0.775. The molecule has 0 bridgehead atoms. The molecular formula is C39H30O2S2. The molecule has 3 aliphatic rings. The lowest BCUT2D eigenvalue weighted by Crippen LogP contribution is -2.29. The van der Waals surface area contributed by atoms with Crippen molar-refractivity contribution >= 4 is 45.1 Å². The van der Waals surface area contributed by atoms with Crippen molar-refractivity contribution in [3.63, 3.8) is 0 Å². The molecule has 0 radical (unpaired) electrons. The summed E-state index contributed by atoms with van der Waals surface area (Å²) >= 11 is 3.85. The zero-order chi connectivity index (χ0) is 28.4. The summed E-state index contributed by atoms with van der Waals surface area (Å²) in [5.74, 6) is 4.25. The van der Waals surface area contributed by atoms with Crippen LogP contribution < -0.4 is 9.47 Å². The van der Waals surface area contributed by atoms with E-state index in [1.807, 2.05) is 23.5 Å². The molecule has 2 aliphatic heterocycles. The Kier molecular flexibility index (Phi) is 6.02. The molecule has 2 fully saturated rings. The van der Waals surface area contributed by atoms with E-state index in [1.54, 1.807) is 0 Å². The fraction of sp³-hybridized carbons (Fsp3) is 0.179. The Hall–Kier alpha value is -3.86. The summed E-state index contributed by atoms with van der Waals surface area (Å²) in [5.41, 5.74) is 7.54. The quantitative estimate of drug-likeness (QED) is 0.171. The van der Waals surface area contributed by atoms with Crippen LogP contribution in [0.3, 0.4) is 0 Å². The van der Waals surface area contributed by atoms with Gasteiger partial charge in [-0.05, 0) is 79.2 Å². The van der Waals surface area contributed by atoms with E-state index < -0.39 is 5.41 Å². The molecule has 9 rings (SSSR count). The van der Waals surface area contributed by atoms with E-state index in [2.05, 4.69) is 121 Å². The number of rotatable bonds is 7. The van der Waals surface area contributed by atoms with Gasteiger partial charge in [-0.15, -0.1) is 11.8 Å². The van der Waals surface area contributed by atoms with Crippen molar-refractivity contribution in [3.8, 4) is 22.6 Å². The van der Waals surface area contributed by atoms with Crippen LogP contribution in [0.15, 0.2) is 121 Å². The smallest absolute Gasteiger partial charge is 0.145 e. The highest BCUT2D eigenvalue weighted by molar-refractivity contribution is 8.06. The Bertz CT molecular complexity index is 1900. The predicted molar refractivity (Wildman–Crippen MR) is 182 cm³/mol. The first-order valence-electron chi connectivity index (χ1n) is 15.1. The summed E-state index contributed by atoms with van der Waals surface area (Å²) in [5, 5.41) is 5.73. The van der Waals surface area contributed by atoms with Gasteiger partial charge in [0.15, 0.2) is 0 Å². The first-order valence-corrected chi connectivity index (χ1v) is 17.2.